The number of benzene rings is 1. The van der Waals surface area contributed by atoms with Crippen molar-refractivity contribution in [1.82, 2.24) is 15.8 Å². The number of ether oxygens (including phenoxy) is 2. The number of carbonyl (C=O) groups excluding carboxylic acids is 2. The fraction of sp³-hybridized carbons (Fsp3) is 0.667. The Morgan fingerprint density at radius 1 is 1.00 bits per heavy atom. The summed E-state index contributed by atoms with van der Waals surface area (Å²) in [5, 5.41) is 9.89. The van der Waals surface area contributed by atoms with Gasteiger partial charge >= 0.3 is 6.09 Å². The molecule has 1 aliphatic heterocycles. The number of hydrazine groups is 1. The van der Waals surface area contributed by atoms with Crippen LogP contribution < -0.4 is 15.6 Å². The normalized spacial score (nSPS) is 21.2. The summed E-state index contributed by atoms with van der Waals surface area (Å²) >= 11 is 0. The van der Waals surface area contributed by atoms with Crippen molar-refractivity contribution in [3.63, 3.8) is 0 Å². The predicted octanol–water partition coefficient (Wildman–Crippen LogP) is 5.11. The minimum Gasteiger partial charge on any atom is -0.494 e. The minimum atomic E-state index is -1.57. The first-order valence-electron chi connectivity index (χ1n) is 12.8. The van der Waals surface area contributed by atoms with Gasteiger partial charge in [0.05, 0.1) is 12.7 Å². The Labute approximate surface area is 214 Å². The third kappa shape index (κ3) is 6.90. The van der Waals surface area contributed by atoms with Crippen molar-refractivity contribution >= 4 is 17.9 Å². The summed E-state index contributed by atoms with van der Waals surface area (Å²) in [7, 11) is 0. The molecule has 0 aliphatic carbocycles. The summed E-state index contributed by atoms with van der Waals surface area (Å²) in [5.41, 5.74) is 1.79. The van der Waals surface area contributed by atoms with Gasteiger partial charge < -0.3 is 14.6 Å². The standard InChI is InChI=1S/C27H43N3O6/c1-8-9-10-11-12-13-18-35-20-16-14-19(15-17-20)21(31)28-29-23(32)27(7)22(25(2,3)4)36-26(5,6)30(27)24(33)34/h14-17,22H,8-13,18H2,1-7H3,(H,28,31)(H,29,32)(H,33,34). The van der Waals surface area contributed by atoms with Crippen LogP contribution >= 0.6 is 0 Å². The van der Waals surface area contributed by atoms with Gasteiger partial charge in [0.15, 0.2) is 5.54 Å². The Bertz CT molecular complexity index is 909. The van der Waals surface area contributed by atoms with Gasteiger partial charge in [-0.2, -0.15) is 0 Å². The second kappa shape index (κ2) is 12.0. The number of carbonyl (C=O) groups is 3. The summed E-state index contributed by atoms with van der Waals surface area (Å²) < 4.78 is 11.8. The summed E-state index contributed by atoms with van der Waals surface area (Å²) in [4.78, 5) is 39.1. The topological polar surface area (TPSA) is 117 Å². The van der Waals surface area contributed by atoms with E-state index in [9.17, 15) is 19.5 Å². The first-order chi connectivity index (χ1) is 16.7. The molecule has 0 saturated carbocycles. The molecule has 2 unspecified atom stereocenters. The number of amides is 3. The first kappa shape index (κ1) is 29.4. The van der Waals surface area contributed by atoms with Crippen LogP contribution in [-0.4, -0.2) is 51.9 Å². The van der Waals surface area contributed by atoms with Crippen LogP contribution in [0.15, 0.2) is 24.3 Å². The van der Waals surface area contributed by atoms with E-state index < -0.39 is 40.7 Å². The predicted molar refractivity (Wildman–Crippen MR) is 138 cm³/mol. The lowest BCUT2D eigenvalue weighted by Gasteiger charge is -2.40. The zero-order valence-electron chi connectivity index (χ0n) is 22.8. The second-order valence-corrected chi connectivity index (χ2v) is 11.1. The lowest BCUT2D eigenvalue weighted by Crippen LogP contribution is -2.66. The van der Waals surface area contributed by atoms with E-state index in [1.807, 2.05) is 20.8 Å². The van der Waals surface area contributed by atoms with E-state index in [4.69, 9.17) is 9.47 Å². The van der Waals surface area contributed by atoms with Gasteiger partial charge in [0, 0.05) is 5.56 Å². The fourth-order valence-electron chi connectivity index (χ4n) is 4.89. The van der Waals surface area contributed by atoms with Crippen LogP contribution in [0, 0.1) is 5.41 Å². The lowest BCUT2D eigenvalue weighted by atomic mass is 9.76. The van der Waals surface area contributed by atoms with E-state index in [1.54, 1.807) is 38.1 Å². The Balaban J connectivity index is 1.98. The number of hydrogen-bond donors (Lipinski definition) is 3. The molecule has 2 atom stereocenters. The molecule has 2 rings (SSSR count). The van der Waals surface area contributed by atoms with Gasteiger partial charge in [-0.15, -0.1) is 0 Å². The zero-order valence-corrected chi connectivity index (χ0v) is 22.8. The maximum absolute atomic E-state index is 13.3. The highest BCUT2D eigenvalue weighted by molar-refractivity contribution is 5.97. The highest BCUT2D eigenvalue weighted by Gasteiger charge is 2.64. The molecular formula is C27H43N3O6. The van der Waals surface area contributed by atoms with Crippen molar-refractivity contribution in [3.05, 3.63) is 29.8 Å². The van der Waals surface area contributed by atoms with E-state index in [2.05, 4.69) is 17.8 Å². The van der Waals surface area contributed by atoms with Gasteiger partial charge in [0.25, 0.3) is 11.8 Å². The monoisotopic (exact) mass is 505 g/mol. The van der Waals surface area contributed by atoms with Crippen molar-refractivity contribution in [2.45, 2.75) is 104 Å². The summed E-state index contributed by atoms with van der Waals surface area (Å²) in [6, 6.07) is 6.65. The van der Waals surface area contributed by atoms with Crippen molar-refractivity contribution in [2.24, 2.45) is 5.41 Å². The SMILES string of the molecule is CCCCCCCCOc1ccc(C(=O)NNC(=O)C2(C)C(C(C)(C)C)OC(C)(C)N2C(=O)O)cc1. The van der Waals surface area contributed by atoms with Crippen LogP contribution in [0.2, 0.25) is 0 Å². The molecule has 0 aromatic heterocycles. The number of unbranched alkanes of at least 4 members (excludes halogenated alkanes) is 5. The van der Waals surface area contributed by atoms with Crippen LogP contribution in [0.5, 0.6) is 5.75 Å². The molecule has 1 aliphatic rings. The van der Waals surface area contributed by atoms with Crippen LogP contribution in [0.4, 0.5) is 4.79 Å². The maximum atomic E-state index is 13.3. The molecule has 1 aromatic rings. The van der Waals surface area contributed by atoms with E-state index in [1.165, 1.54) is 32.6 Å². The largest absolute Gasteiger partial charge is 0.494 e. The minimum absolute atomic E-state index is 0.331. The van der Waals surface area contributed by atoms with Gasteiger partial charge in [0.1, 0.15) is 11.5 Å². The van der Waals surface area contributed by atoms with E-state index in [0.29, 0.717) is 17.9 Å². The molecule has 9 heteroatoms. The average Bonchev–Trinajstić information content (AvgIpc) is 3.03. The molecule has 3 N–H and O–H groups in total. The van der Waals surface area contributed by atoms with Gasteiger partial charge in [-0.05, 0) is 56.9 Å². The molecule has 1 saturated heterocycles. The molecule has 0 spiro atoms. The second-order valence-electron chi connectivity index (χ2n) is 11.1. The molecule has 1 fully saturated rings. The van der Waals surface area contributed by atoms with Crippen molar-refractivity contribution < 1.29 is 29.0 Å². The molecular weight excluding hydrogens is 462 g/mol. The van der Waals surface area contributed by atoms with Gasteiger partial charge in [-0.25, -0.2) is 4.79 Å². The summed E-state index contributed by atoms with van der Waals surface area (Å²) in [6.45, 7) is 13.2. The Kier molecular flexibility index (Phi) is 9.77. The van der Waals surface area contributed by atoms with E-state index in [-0.39, 0.29) is 0 Å². The number of hydrogen-bond acceptors (Lipinski definition) is 5. The molecule has 1 heterocycles. The summed E-state index contributed by atoms with van der Waals surface area (Å²) in [5.74, 6) is -0.531. The average molecular weight is 506 g/mol. The molecule has 0 bridgehead atoms. The van der Waals surface area contributed by atoms with Crippen LogP contribution in [0.3, 0.4) is 0 Å². The number of rotatable bonds is 10. The summed E-state index contributed by atoms with van der Waals surface area (Å²) in [6.07, 6.45) is 5.05. The molecule has 1 aromatic carbocycles. The first-order valence-corrected chi connectivity index (χ1v) is 12.8. The fourth-order valence-corrected chi connectivity index (χ4v) is 4.89. The quantitative estimate of drug-likeness (QED) is 0.301. The Morgan fingerprint density at radius 2 is 1.58 bits per heavy atom. The van der Waals surface area contributed by atoms with Crippen LogP contribution in [-0.2, 0) is 9.53 Å². The van der Waals surface area contributed by atoms with E-state index in [0.717, 1.165) is 17.7 Å². The number of carboxylic acid groups (broad SMARTS) is 1. The van der Waals surface area contributed by atoms with Gasteiger partial charge in [-0.1, -0.05) is 59.8 Å². The van der Waals surface area contributed by atoms with Crippen LogP contribution in [0.1, 0.15) is 97.3 Å². The highest BCUT2D eigenvalue weighted by Crippen LogP contribution is 2.46. The smallest absolute Gasteiger partial charge is 0.410 e. The van der Waals surface area contributed by atoms with Gasteiger partial charge in [0.2, 0.25) is 0 Å². The maximum Gasteiger partial charge on any atom is 0.410 e. The van der Waals surface area contributed by atoms with E-state index >= 15 is 0 Å². The lowest BCUT2D eigenvalue weighted by molar-refractivity contribution is -0.135. The highest BCUT2D eigenvalue weighted by atomic mass is 16.6. The van der Waals surface area contributed by atoms with Crippen molar-refractivity contribution in [1.29, 1.82) is 0 Å². The zero-order chi connectivity index (χ0) is 27.1. The van der Waals surface area contributed by atoms with Crippen LogP contribution in [0.25, 0.3) is 0 Å². The Hall–Kier alpha value is -2.81. The third-order valence-corrected chi connectivity index (χ3v) is 6.53. The van der Waals surface area contributed by atoms with Crippen molar-refractivity contribution in [3.8, 4) is 5.75 Å². The Morgan fingerprint density at radius 3 is 2.14 bits per heavy atom. The molecule has 202 valence electrons. The molecule has 0 radical (unpaired) electrons. The third-order valence-electron chi connectivity index (χ3n) is 6.53. The number of nitrogens with zero attached hydrogens (tertiary/aromatic N) is 1. The molecule has 3 amide bonds. The molecule has 9 nitrogen and oxygen atoms in total. The number of nitrogens with one attached hydrogen (secondary N) is 2. The molecule has 36 heavy (non-hydrogen) atoms. The van der Waals surface area contributed by atoms with Crippen molar-refractivity contribution in [2.75, 3.05) is 6.61 Å². The van der Waals surface area contributed by atoms with Gasteiger partial charge in [-0.3, -0.25) is 25.3 Å².